The van der Waals surface area contributed by atoms with Crippen molar-refractivity contribution < 1.29 is 9.59 Å². The van der Waals surface area contributed by atoms with Crippen LogP contribution in [0.15, 0.2) is 66.0 Å². The Morgan fingerprint density at radius 3 is 2.60 bits per heavy atom. The Labute approximate surface area is 176 Å². The summed E-state index contributed by atoms with van der Waals surface area (Å²) in [5, 5.41) is 4.68. The minimum Gasteiger partial charge on any atom is -0.356 e. The Bertz CT molecular complexity index is 1200. The maximum absolute atomic E-state index is 13.4. The standard InChI is InChI=1S/C25H25N3O2/c1-15(2)12-27-13-18-22(17-8-5-4-6-9-17)24-20(14-28(16(3)29)25(24)30)26-19-10-7-11-21(27)23(18)19/h4-11,13,15,22,26H,12,14H2,1-3H3/t22-/m1/s1. The minimum absolute atomic E-state index is 0.198. The van der Waals surface area contributed by atoms with Crippen LogP contribution in [0.4, 0.5) is 5.69 Å². The Kier molecular flexibility index (Phi) is 4.28. The molecule has 0 unspecified atom stereocenters. The molecule has 0 bridgehead atoms. The first-order valence-corrected chi connectivity index (χ1v) is 10.4. The van der Waals surface area contributed by atoms with Gasteiger partial charge in [-0.25, -0.2) is 0 Å². The molecule has 2 aromatic carbocycles. The number of carbonyl (C=O) groups excluding carboxylic acids is 2. The monoisotopic (exact) mass is 399 g/mol. The third-order valence-electron chi connectivity index (χ3n) is 6.01. The summed E-state index contributed by atoms with van der Waals surface area (Å²) in [6.45, 7) is 7.06. The molecule has 2 aliphatic heterocycles. The molecule has 2 aliphatic rings. The molecule has 0 fully saturated rings. The van der Waals surface area contributed by atoms with E-state index in [0.29, 0.717) is 18.0 Å². The molecule has 1 N–H and O–H groups in total. The van der Waals surface area contributed by atoms with Crippen LogP contribution in [0.1, 0.15) is 37.8 Å². The highest BCUT2D eigenvalue weighted by molar-refractivity contribution is 6.11. The third-order valence-corrected chi connectivity index (χ3v) is 6.01. The van der Waals surface area contributed by atoms with Crippen LogP contribution < -0.4 is 5.32 Å². The van der Waals surface area contributed by atoms with Crippen molar-refractivity contribution >= 4 is 28.4 Å². The van der Waals surface area contributed by atoms with Gasteiger partial charge >= 0.3 is 0 Å². The van der Waals surface area contributed by atoms with Crippen molar-refractivity contribution in [1.29, 1.82) is 0 Å². The van der Waals surface area contributed by atoms with Crippen molar-refractivity contribution in [2.75, 3.05) is 11.9 Å². The molecule has 0 saturated heterocycles. The summed E-state index contributed by atoms with van der Waals surface area (Å²) in [6.07, 6.45) is 2.20. The van der Waals surface area contributed by atoms with Gasteiger partial charge in [-0.3, -0.25) is 14.5 Å². The van der Waals surface area contributed by atoms with Gasteiger partial charge in [0.15, 0.2) is 0 Å². The zero-order valence-electron chi connectivity index (χ0n) is 17.5. The number of imide groups is 1. The lowest BCUT2D eigenvalue weighted by atomic mass is 9.84. The molecular formula is C25H25N3O2. The van der Waals surface area contributed by atoms with Crippen LogP contribution in [0.2, 0.25) is 0 Å². The molecule has 0 radical (unpaired) electrons. The summed E-state index contributed by atoms with van der Waals surface area (Å²) >= 11 is 0. The van der Waals surface area contributed by atoms with E-state index < -0.39 is 0 Å². The second-order valence-electron chi connectivity index (χ2n) is 8.60. The average Bonchev–Trinajstić information content (AvgIpc) is 3.18. The highest BCUT2D eigenvalue weighted by atomic mass is 16.2. The van der Waals surface area contributed by atoms with Gasteiger partial charge < -0.3 is 9.88 Å². The molecule has 0 saturated carbocycles. The second kappa shape index (κ2) is 6.87. The molecule has 5 nitrogen and oxygen atoms in total. The Hall–Kier alpha value is -3.34. The summed E-state index contributed by atoms with van der Waals surface area (Å²) in [7, 11) is 0. The van der Waals surface area contributed by atoms with Crippen LogP contribution in [-0.2, 0) is 16.1 Å². The van der Waals surface area contributed by atoms with E-state index in [1.165, 1.54) is 17.3 Å². The topological polar surface area (TPSA) is 54.3 Å². The number of amides is 2. The zero-order chi connectivity index (χ0) is 21.0. The number of hydrogen-bond acceptors (Lipinski definition) is 3. The van der Waals surface area contributed by atoms with Gasteiger partial charge in [-0.05, 0) is 29.2 Å². The Balaban J connectivity index is 1.79. The maximum atomic E-state index is 13.4. The largest absolute Gasteiger partial charge is 0.356 e. The lowest BCUT2D eigenvalue weighted by Gasteiger charge is -2.19. The molecule has 1 aromatic heterocycles. The lowest BCUT2D eigenvalue weighted by Crippen LogP contribution is -2.33. The molecular weight excluding hydrogens is 374 g/mol. The molecule has 2 amide bonds. The molecule has 3 heterocycles. The average molecular weight is 399 g/mol. The van der Waals surface area contributed by atoms with Gasteiger partial charge in [0.2, 0.25) is 5.91 Å². The molecule has 152 valence electrons. The van der Waals surface area contributed by atoms with E-state index in [2.05, 4.69) is 54.2 Å². The molecule has 5 rings (SSSR count). The second-order valence-corrected chi connectivity index (χ2v) is 8.60. The first-order valence-electron chi connectivity index (χ1n) is 10.4. The molecule has 30 heavy (non-hydrogen) atoms. The Morgan fingerprint density at radius 2 is 1.90 bits per heavy atom. The summed E-state index contributed by atoms with van der Waals surface area (Å²) in [4.78, 5) is 26.8. The minimum atomic E-state index is -0.225. The summed E-state index contributed by atoms with van der Waals surface area (Å²) in [6, 6.07) is 16.4. The van der Waals surface area contributed by atoms with Crippen molar-refractivity contribution in [1.82, 2.24) is 9.47 Å². The number of aromatic nitrogens is 1. The Morgan fingerprint density at radius 1 is 1.13 bits per heavy atom. The van der Waals surface area contributed by atoms with Crippen LogP contribution in [-0.4, -0.2) is 27.8 Å². The summed E-state index contributed by atoms with van der Waals surface area (Å²) in [5.74, 6) is -0.140. The van der Waals surface area contributed by atoms with Crippen LogP contribution in [0.3, 0.4) is 0 Å². The lowest BCUT2D eigenvalue weighted by molar-refractivity contribution is -0.139. The van der Waals surface area contributed by atoms with E-state index in [9.17, 15) is 9.59 Å². The normalized spacial score (nSPS) is 18.1. The number of nitrogens with zero attached hydrogens (tertiary/aromatic N) is 2. The van der Waals surface area contributed by atoms with E-state index >= 15 is 0 Å². The van der Waals surface area contributed by atoms with Crippen molar-refractivity contribution in [2.45, 2.75) is 33.2 Å². The molecule has 5 heteroatoms. The van der Waals surface area contributed by atoms with E-state index in [-0.39, 0.29) is 17.7 Å². The van der Waals surface area contributed by atoms with Crippen molar-refractivity contribution in [3.8, 4) is 0 Å². The smallest absolute Gasteiger partial charge is 0.259 e. The number of nitrogens with one attached hydrogen (secondary N) is 1. The number of hydrogen-bond donors (Lipinski definition) is 1. The van der Waals surface area contributed by atoms with Gasteiger partial charge in [0.1, 0.15) is 0 Å². The SMILES string of the molecule is CC(=O)N1CC2=C(C1=O)[C@H](c1ccccc1)c1cn(CC(C)C)c3cccc(c13)N2. The third kappa shape index (κ3) is 2.76. The molecule has 1 atom stereocenters. The predicted molar refractivity (Wildman–Crippen MR) is 118 cm³/mol. The van der Waals surface area contributed by atoms with Crippen LogP contribution in [0.25, 0.3) is 10.9 Å². The molecule has 0 aliphatic carbocycles. The molecule has 0 spiro atoms. The summed E-state index contributed by atoms with van der Waals surface area (Å²) in [5.41, 5.74) is 5.84. The van der Waals surface area contributed by atoms with Gasteiger partial charge in [0.05, 0.1) is 17.6 Å². The fourth-order valence-electron chi connectivity index (χ4n) is 4.81. The zero-order valence-corrected chi connectivity index (χ0v) is 17.5. The van der Waals surface area contributed by atoms with Crippen molar-refractivity contribution in [2.24, 2.45) is 5.92 Å². The number of benzene rings is 2. The van der Waals surface area contributed by atoms with Gasteiger partial charge in [0, 0.05) is 42.4 Å². The van der Waals surface area contributed by atoms with Gasteiger partial charge in [-0.1, -0.05) is 50.2 Å². The van der Waals surface area contributed by atoms with Gasteiger partial charge in [-0.2, -0.15) is 0 Å². The first-order chi connectivity index (χ1) is 14.5. The van der Waals surface area contributed by atoms with Crippen LogP contribution in [0.5, 0.6) is 0 Å². The van der Waals surface area contributed by atoms with E-state index in [1.807, 2.05) is 24.3 Å². The van der Waals surface area contributed by atoms with E-state index in [0.717, 1.165) is 34.4 Å². The highest BCUT2D eigenvalue weighted by Gasteiger charge is 2.41. The highest BCUT2D eigenvalue weighted by Crippen LogP contribution is 2.46. The van der Waals surface area contributed by atoms with Crippen molar-refractivity contribution in [3.63, 3.8) is 0 Å². The fraction of sp³-hybridized carbons (Fsp3) is 0.280. The van der Waals surface area contributed by atoms with E-state index in [4.69, 9.17) is 0 Å². The van der Waals surface area contributed by atoms with E-state index in [1.54, 1.807) is 0 Å². The van der Waals surface area contributed by atoms with Crippen LogP contribution >= 0.6 is 0 Å². The van der Waals surface area contributed by atoms with Crippen LogP contribution in [0, 0.1) is 5.92 Å². The number of rotatable bonds is 3. The van der Waals surface area contributed by atoms with Crippen molar-refractivity contribution in [3.05, 3.63) is 77.1 Å². The summed E-state index contributed by atoms with van der Waals surface area (Å²) < 4.78 is 2.30. The van der Waals surface area contributed by atoms with Gasteiger partial charge in [-0.15, -0.1) is 0 Å². The molecule has 3 aromatic rings. The maximum Gasteiger partial charge on any atom is 0.259 e. The number of anilines is 1. The van der Waals surface area contributed by atoms with Gasteiger partial charge in [0.25, 0.3) is 5.91 Å². The predicted octanol–water partition coefficient (Wildman–Crippen LogP) is 4.50. The first kappa shape index (κ1) is 18.7. The fourth-order valence-corrected chi connectivity index (χ4v) is 4.81. The quantitative estimate of drug-likeness (QED) is 0.706. The number of carbonyl (C=O) groups is 2.